The first-order valence-corrected chi connectivity index (χ1v) is 6.60. The molecule has 1 fully saturated rings. The number of hydrogen-bond donors (Lipinski definition) is 2. The summed E-state index contributed by atoms with van der Waals surface area (Å²) in [4.78, 5) is 2.13. The van der Waals surface area contributed by atoms with Gasteiger partial charge in [-0.25, -0.2) is 4.39 Å². The molecule has 0 spiro atoms. The lowest BCUT2D eigenvalue weighted by Crippen LogP contribution is -2.36. The van der Waals surface area contributed by atoms with Gasteiger partial charge in [-0.1, -0.05) is 11.6 Å². The van der Waals surface area contributed by atoms with E-state index in [0.29, 0.717) is 11.6 Å². The van der Waals surface area contributed by atoms with Crippen molar-refractivity contribution >= 4 is 23.0 Å². The standard InChI is InChI=1S/C13H18ClFN2O/c14-10-6-13(12(16)7-11(10)15)17-4-1-2-9(8-17)3-5-18/h6-7,9,18H,1-5,8,16H2. The number of piperidine rings is 1. The van der Waals surface area contributed by atoms with E-state index < -0.39 is 5.82 Å². The quantitative estimate of drug-likeness (QED) is 0.832. The minimum Gasteiger partial charge on any atom is -0.397 e. The molecule has 18 heavy (non-hydrogen) atoms. The normalized spacial score (nSPS) is 20.2. The molecule has 0 aliphatic carbocycles. The topological polar surface area (TPSA) is 49.5 Å². The number of rotatable bonds is 3. The van der Waals surface area contributed by atoms with Crippen LogP contribution in [0.25, 0.3) is 0 Å². The predicted octanol–water partition coefficient (Wildman–Crippen LogP) is 2.66. The molecule has 5 heteroatoms. The number of anilines is 2. The van der Waals surface area contributed by atoms with Crippen molar-refractivity contribution in [1.29, 1.82) is 0 Å². The maximum Gasteiger partial charge on any atom is 0.143 e. The van der Waals surface area contributed by atoms with Gasteiger partial charge in [0.2, 0.25) is 0 Å². The third-order valence-corrected chi connectivity index (χ3v) is 3.76. The third-order valence-electron chi connectivity index (χ3n) is 3.47. The van der Waals surface area contributed by atoms with Crippen molar-refractivity contribution in [1.82, 2.24) is 0 Å². The number of benzene rings is 1. The van der Waals surface area contributed by atoms with Crippen molar-refractivity contribution in [2.75, 3.05) is 30.3 Å². The van der Waals surface area contributed by atoms with Crippen LogP contribution in [0.5, 0.6) is 0 Å². The Balaban J connectivity index is 2.18. The fourth-order valence-corrected chi connectivity index (χ4v) is 2.69. The van der Waals surface area contributed by atoms with Gasteiger partial charge in [0.1, 0.15) is 5.82 Å². The van der Waals surface area contributed by atoms with Crippen molar-refractivity contribution < 1.29 is 9.50 Å². The minimum atomic E-state index is -0.484. The van der Waals surface area contributed by atoms with Gasteiger partial charge in [-0.3, -0.25) is 0 Å². The summed E-state index contributed by atoms with van der Waals surface area (Å²) in [6.45, 7) is 1.94. The molecular weight excluding hydrogens is 255 g/mol. The van der Waals surface area contributed by atoms with Crippen molar-refractivity contribution in [3.8, 4) is 0 Å². The zero-order valence-electron chi connectivity index (χ0n) is 10.2. The van der Waals surface area contributed by atoms with Gasteiger partial charge in [0, 0.05) is 25.8 Å². The molecule has 3 nitrogen and oxygen atoms in total. The van der Waals surface area contributed by atoms with Crippen LogP contribution < -0.4 is 10.6 Å². The second-order valence-electron chi connectivity index (χ2n) is 4.79. The van der Waals surface area contributed by atoms with E-state index in [1.165, 1.54) is 6.07 Å². The smallest absolute Gasteiger partial charge is 0.143 e. The third kappa shape index (κ3) is 2.87. The van der Waals surface area contributed by atoms with Crippen molar-refractivity contribution in [2.45, 2.75) is 19.3 Å². The second-order valence-corrected chi connectivity index (χ2v) is 5.20. The van der Waals surface area contributed by atoms with Gasteiger partial charge in [-0.05, 0) is 31.2 Å². The monoisotopic (exact) mass is 272 g/mol. The van der Waals surface area contributed by atoms with Crippen LogP contribution in [0.1, 0.15) is 19.3 Å². The number of nitrogens with two attached hydrogens (primary N) is 1. The first-order valence-electron chi connectivity index (χ1n) is 6.22. The maximum atomic E-state index is 13.3. The summed E-state index contributed by atoms with van der Waals surface area (Å²) in [6, 6.07) is 2.86. The van der Waals surface area contributed by atoms with Crippen LogP contribution in [0.4, 0.5) is 15.8 Å². The van der Waals surface area contributed by atoms with Crippen LogP contribution >= 0.6 is 11.6 Å². The highest BCUT2D eigenvalue weighted by atomic mass is 35.5. The fourth-order valence-electron chi connectivity index (χ4n) is 2.53. The minimum absolute atomic E-state index is 0.100. The number of halogens is 2. The van der Waals surface area contributed by atoms with E-state index in [9.17, 15) is 4.39 Å². The van der Waals surface area contributed by atoms with Gasteiger partial charge in [-0.2, -0.15) is 0 Å². The highest BCUT2D eigenvalue weighted by Crippen LogP contribution is 2.32. The largest absolute Gasteiger partial charge is 0.397 e. The van der Waals surface area contributed by atoms with E-state index in [1.807, 2.05) is 0 Å². The van der Waals surface area contributed by atoms with Gasteiger partial charge in [0.25, 0.3) is 0 Å². The summed E-state index contributed by atoms with van der Waals surface area (Å²) in [6.07, 6.45) is 2.97. The van der Waals surface area contributed by atoms with Gasteiger partial charge in [0.15, 0.2) is 0 Å². The van der Waals surface area contributed by atoms with Crippen molar-refractivity contribution in [3.63, 3.8) is 0 Å². The van der Waals surface area contributed by atoms with Gasteiger partial charge < -0.3 is 15.7 Å². The summed E-state index contributed by atoms with van der Waals surface area (Å²) in [5, 5.41) is 9.10. The molecule has 100 valence electrons. The molecule has 1 heterocycles. The fraction of sp³-hybridized carbons (Fsp3) is 0.538. The summed E-state index contributed by atoms with van der Waals surface area (Å²) >= 11 is 5.81. The SMILES string of the molecule is Nc1cc(F)c(Cl)cc1N1CCCC(CCO)C1. The maximum absolute atomic E-state index is 13.3. The van der Waals surface area contributed by atoms with E-state index in [4.69, 9.17) is 22.4 Å². The van der Waals surface area contributed by atoms with Crippen molar-refractivity contribution in [2.24, 2.45) is 5.92 Å². The molecule has 3 N–H and O–H groups in total. The lowest BCUT2D eigenvalue weighted by atomic mass is 9.94. The molecule has 1 atom stereocenters. The molecule has 1 saturated heterocycles. The van der Waals surface area contributed by atoms with Crippen LogP contribution in [-0.4, -0.2) is 24.8 Å². The van der Waals surface area contributed by atoms with Crippen molar-refractivity contribution in [3.05, 3.63) is 23.0 Å². The van der Waals surface area contributed by atoms with Crippen LogP contribution in [0.15, 0.2) is 12.1 Å². The molecule has 1 unspecified atom stereocenters. The lowest BCUT2D eigenvalue weighted by Gasteiger charge is -2.35. The molecule has 1 aliphatic rings. The highest BCUT2D eigenvalue weighted by molar-refractivity contribution is 6.31. The Kier molecular flexibility index (Phi) is 4.30. The molecule has 2 rings (SSSR count). The summed E-state index contributed by atoms with van der Waals surface area (Å²) in [7, 11) is 0. The molecule has 0 radical (unpaired) electrons. The summed E-state index contributed by atoms with van der Waals surface area (Å²) in [5.74, 6) is -0.0196. The second kappa shape index (κ2) is 5.76. The molecule has 1 aliphatic heterocycles. The van der Waals surface area contributed by atoms with Crippen LogP contribution in [0.3, 0.4) is 0 Å². The van der Waals surface area contributed by atoms with E-state index in [1.54, 1.807) is 6.07 Å². The lowest BCUT2D eigenvalue weighted by molar-refractivity contribution is 0.244. The van der Waals surface area contributed by atoms with Gasteiger partial charge in [-0.15, -0.1) is 0 Å². The van der Waals surface area contributed by atoms with Gasteiger partial charge >= 0.3 is 0 Å². The molecule has 0 saturated carbocycles. The zero-order chi connectivity index (χ0) is 13.1. The number of aliphatic hydroxyl groups excluding tert-OH is 1. The number of nitrogen functional groups attached to an aromatic ring is 1. The Labute approximate surface area is 111 Å². The van der Waals surface area contributed by atoms with E-state index >= 15 is 0 Å². The Morgan fingerprint density at radius 3 is 3.00 bits per heavy atom. The Hall–Kier alpha value is -1.00. The Morgan fingerprint density at radius 1 is 1.50 bits per heavy atom. The predicted molar refractivity (Wildman–Crippen MR) is 72.5 cm³/mol. The number of hydrogen-bond acceptors (Lipinski definition) is 3. The van der Waals surface area contributed by atoms with E-state index in [-0.39, 0.29) is 11.6 Å². The molecule has 1 aromatic rings. The summed E-state index contributed by atoms with van der Waals surface area (Å²) in [5.41, 5.74) is 7.06. The molecular formula is C13H18ClFN2O. The van der Waals surface area contributed by atoms with Crippen LogP contribution in [0.2, 0.25) is 5.02 Å². The summed E-state index contributed by atoms with van der Waals surface area (Å²) < 4.78 is 13.3. The molecule has 0 bridgehead atoms. The molecule has 1 aromatic carbocycles. The highest BCUT2D eigenvalue weighted by Gasteiger charge is 2.21. The van der Waals surface area contributed by atoms with Crippen LogP contribution in [-0.2, 0) is 0 Å². The first-order chi connectivity index (χ1) is 8.61. The zero-order valence-corrected chi connectivity index (χ0v) is 11.0. The van der Waals surface area contributed by atoms with E-state index in [0.717, 1.165) is 38.0 Å². The van der Waals surface area contributed by atoms with Gasteiger partial charge in [0.05, 0.1) is 16.4 Å². The average molecular weight is 273 g/mol. The number of aliphatic hydroxyl groups is 1. The Bertz CT molecular complexity index is 426. The number of nitrogens with zero attached hydrogens (tertiary/aromatic N) is 1. The average Bonchev–Trinajstić information content (AvgIpc) is 2.34. The Morgan fingerprint density at radius 2 is 2.28 bits per heavy atom. The first kappa shape index (κ1) is 13.4. The molecule has 0 aromatic heterocycles. The van der Waals surface area contributed by atoms with Crippen LogP contribution in [0, 0.1) is 11.7 Å². The molecule has 0 amide bonds. The van der Waals surface area contributed by atoms with E-state index in [2.05, 4.69) is 4.90 Å².